The molecule has 2 amide bonds. The first-order valence-corrected chi connectivity index (χ1v) is 7.54. The Kier molecular flexibility index (Phi) is 7.99. The van der Waals surface area contributed by atoms with Crippen LogP contribution in [0.4, 0.5) is 0 Å². The maximum Gasteiger partial charge on any atom is 0.222 e. The molecule has 6 heteroatoms. The standard InChI is InChI=1S/C16H25N3O3/c1-3-22-15-8-5-4-7-13(15)14(19-12(2)20)11-16(21)18-10-6-9-17/h4-5,7-8,14H,3,6,9-11,17H2,1-2H3,(H,18,21)(H,19,20). The summed E-state index contributed by atoms with van der Waals surface area (Å²) in [6, 6.07) is 7.00. The Morgan fingerprint density at radius 2 is 2.05 bits per heavy atom. The Balaban J connectivity index is 2.84. The maximum atomic E-state index is 12.0. The van der Waals surface area contributed by atoms with Crippen molar-refractivity contribution >= 4 is 11.8 Å². The van der Waals surface area contributed by atoms with Gasteiger partial charge < -0.3 is 21.1 Å². The summed E-state index contributed by atoms with van der Waals surface area (Å²) in [6.07, 6.45) is 0.889. The molecule has 6 nitrogen and oxygen atoms in total. The Bertz CT molecular complexity index is 491. The molecule has 0 radical (unpaired) electrons. The molecular weight excluding hydrogens is 282 g/mol. The number of rotatable bonds is 9. The van der Waals surface area contributed by atoms with Gasteiger partial charge >= 0.3 is 0 Å². The van der Waals surface area contributed by atoms with E-state index < -0.39 is 6.04 Å². The van der Waals surface area contributed by atoms with Crippen molar-refractivity contribution in [2.45, 2.75) is 32.7 Å². The van der Waals surface area contributed by atoms with Crippen LogP contribution in [0.3, 0.4) is 0 Å². The van der Waals surface area contributed by atoms with Crippen molar-refractivity contribution in [2.75, 3.05) is 19.7 Å². The van der Waals surface area contributed by atoms with E-state index in [2.05, 4.69) is 10.6 Å². The number of benzene rings is 1. The predicted molar refractivity (Wildman–Crippen MR) is 85.5 cm³/mol. The molecule has 0 aromatic heterocycles. The minimum absolute atomic E-state index is 0.126. The first-order valence-electron chi connectivity index (χ1n) is 7.54. The first kappa shape index (κ1) is 18.0. The summed E-state index contributed by atoms with van der Waals surface area (Å²) in [7, 11) is 0. The highest BCUT2D eigenvalue weighted by molar-refractivity contribution is 5.79. The van der Waals surface area contributed by atoms with Crippen molar-refractivity contribution in [2.24, 2.45) is 5.73 Å². The van der Waals surface area contributed by atoms with Gasteiger partial charge in [-0.15, -0.1) is 0 Å². The summed E-state index contributed by atoms with van der Waals surface area (Å²) in [4.78, 5) is 23.4. The lowest BCUT2D eigenvalue weighted by molar-refractivity contribution is -0.122. The molecule has 122 valence electrons. The molecule has 0 aliphatic carbocycles. The lowest BCUT2D eigenvalue weighted by Gasteiger charge is -2.21. The number of nitrogens with one attached hydrogen (secondary N) is 2. The van der Waals surface area contributed by atoms with Crippen LogP contribution in [0.25, 0.3) is 0 Å². The van der Waals surface area contributed by atoms with E-state index in [0.717, 1.165) is 12.0 Å². The number of hydrogen-bond acceptors (Lipinski definition) is 4. The number of ether oxygens (including phenoxy) is 1. The summed E-state index contributed by atoms with van der Waals surface area (Å²) in [5.74, 6) is 0.364. The van der Waals surface area contributed by atoms with Gasteiger partial charge in [-0.05, 0) is 26.0 Å². The second kappa shape index (κ2) is 9.78. The smallest absolute Gasteiger partial charge is 0.222 e. The van der Waals surface area contributed by atoms with Crippen LogP contribution in [-0.4, -0.2) is 31.5 Å². The number of amides is 2. The molecule has 4 N–H and O–H groups in total. The van der Waals surface area contributed by atoms with Crippen LogP contribution in [0.2, 0.25) is 0 Å². The summed E-state index contributed by atoms with van der Waals surface area (Å²) in [5.41, 5.74) is 6.20. The average molecular weight is 307 g/mol. The lowest BCUT2D eigenvalue weighted by atomic mass is 10.0. The molecule has 1 aromatic rings. The number of hydrogen-bond donors (Lipinski definition) is 3. The molecule has 0 spiro atoms. The fraction of sp³-hybridized carbons (Fsp3) is 0.500. The van der Waals surface area contributed by atoms with Crippen LogP contribution < -0.4 is 21.1 Å². The minimum Gasteiger partial charge on any atom is -0.494 e. The van der Waals surface area contributed by atoms with E-state index in [1.165, 1.54) is 6.92 Å². The SMILES string of the molecule is CCOc1ccccc1C(CC(=O)NCCCN)NC(C)=O. The van der Waals surface area contributed by atoms with Crippen LogP contribution in [0.15, 0.2) is 24.3 Å². The molecule has 0 saturated heterocycles. The highest BCUT2D eigenvalue weighted by Gasteiger charge is 2.20. The Hall–Kier alpha value is -2.08. The summed E-state index contributed by atoms with van der Waals surface area (Å²) in [6.45, 7) is 4.91. The molecule has 22 heavy (non-hydrogen) atoms. The second-order valence-electron chi connectivity index (χ2n) is 4.92. The molecular formula is C16H25N3O3. The van der Waals surface area contributed by atoms with Gasteiger partial charge in [0.15, 0.2) is 0 Å². The summed E-state index contributed by atoms with van der Waals surface area (Å²) < 4.78 is 5.58. The molecule has 1 rings (SSSR count). The molecule has 1 aromatic carbocycles. The Labute approximate surface area is 131 Å². The highest BCUT2D eigenvalue weighted by atomic mass is 16.5. The van der Waals surface area contributed by atoms with Crippen LogP contribution in [0.5, 0.6) is 5.75 Å². The third-order valence-corrected chi connectivity index (χ3v) is 3.06. The van der Waals surface area contributed by atoms with E-state index in [0.29, 0.717) is 25.4 Å². The van der Waals surface area contributed by atoms with Crippen molar-refractivity contribution in [1.82, 2.24) is 10.6 Å². The second-order valence-corrected chi connectivity index (χ2v) is 4.92. The van der Waals surface area contributed by atoms with Gasteiger partial charge in [0, 0.05) is 19.0 Å². The molecule has 0 aliphatic rings. The fourth-order valence-corrected chi connectivity index (χ4v) is 2.13. The monoisotopic (exact) mass is 307 g/mol. The average Bonchev–Trinajstić information content (AvgIpc) is 2.47. The number of para-hydroxylation sites is 1. The van der Waals surface area contributed by atoms with E-state index in [1.807, 2.05) is 31.2 Å². The third kappa shape index (κ3) is 6.13. The molecule has 0 saturated carbocycles. The van der Waals surface area contributed by atoms with Crippen molar-refractivity contribution in [1.29, 1.82) is 0 Å². The quantitative estimate of drug-likeness (QED) is 0.596. The molecule has 1 atom stereocenters. The highest BCUT2D eigenvalue weighted by Crippen LogP contribution is 2.27. The topological polar surface area (TPSA) is 93.4 Å². The van der Waals surface area contributed by atoms with Gasteiger partial charge in [-0.25, -0.2) is 0 Å². The predicted octanol–water partition coefficient (Wildman–Crippen LogP) is 1.12. The van der Waals surface area contributed by atoms with Gasteiger partial charge in [-0.3, -0.25) is 9.59 Å². The Morgan fingerprint density at radius 1 is 1.32 bits per heavy atom. The minimum atomic E-state index is -0.418. The van der Waals surface area contributed by atoms with E-state index in [1.54, 1.807) is 0 Å². The zero-order valence-electron chi connectivity index (χ0n) is 13.2. The molecule has 0 aliphatic heterocycles. The largest absolute Gasteiger partial charge is 0.494 e. The van der Waals surface area contributed by atoms with E-state index in [4.69, 9.17) is 10.5 Å². The maximum absolute atomic E-state index is 12.0. The molecule has 0 bridgehead atoms. The zero-order chi connectivity index (χ0) is 16.4. The number of carbonyl (C=O) groups is 2. The van der Waals surface area contributed by atoms with Crippen LogP contribution >= 0.6 is 0 Å². The van der Waals surface area contributed by atoms with Crippen molar-refractivity contribution in [3.05, 3.63) is 29.8 Å². The Morgan fingerprint density at radius 3 is 2.68 bits per heavy atom. The zero-order valence-corrected chi connectivity index (χ0v) is 13.2. The van der Waals surface area contributed by atoms with Crippen molar-refractivity contribution < 1.29 is 14.3 Å². The van der Waals surface area contributed by atoms with E-state index >= 15 is 0 Å². The van der Waals surface area contributed by atoms with Gasteiger partial charge in [0.1, 0.15) is 5.75 Å². The molecule has 0 fully saturated rings. The normalized spacial score (nSPS) is 11.6. The van der Waals surface area contributed by atoms with Crippen LogP contribution in [0.1, 0.15) is 38.3 Å². The van der Waals surface area contributed by atoms with Crippen LogP contribution in [0, 0.1) is 0 Å². The van der Waals surface area contributed by atoms with Gasteiger partial charge in [-0.1, -0.05) is 18.2 Å². The van der Waals surface area contributed by atoms with Gasteiger partial charge in [0.25, 0.3) is 0 Å². The summed E-state index contributed by atoms with van der Waals surface area (Å²) >= 11 is 0. The van der Waals surface area contributed by atoms with Crippen molar-refractivity contribution in [3.63, 3.8) is 0 Å². The molecule has 0 heterocycles. The van der Waals surface area contributed by atoms with Gasteiger partial charge in [0.2, 0.25) is 11.8 Å². The fourth-order valence-electron chi connectivity index (χ4n) is 2.13. The third-order valence-electron chi connectivity index (χ3n) is 3.06. The lowest BCUT2D eigenvalue weighted by Crippen LogP contribution is -2.33. The molecule has 1 unspecified atom stereocenters. The van der Waals surface area contributed by atoms with Crippen molar-refractivity contribution in [3.8, 4) is 5.75 Å². The number of nitrogens with two attached hydrogens (primary N) is 1. The first-order chi connectivity index (χ1) is 10.6. The summed E-state index contributed by atoms with van der Waals surface area (Å²) in [5, 5.41) is 5.61. The van der Waals surface area contributed by atoms with Crippen LogP contribution in [-0.2, 0) is 9.59 Å². The number of carbonyl (C=O) groups excluding carboxylic acids is 2. The van der Waals surface area contributed by atoms with E-state index in [-0.39, 0.29) is 18.2 Å². The van der Waals surface area contributed by atoms with E-state index in [9.17, 15) is 9.59 Å². The van der Waals surface area contributed by atoms with Gasteiger partial charge in [-0.2, -0.15) is 0 Å². The van der Waals surface area contributed by atoms with Gasteiger partial charge in [0.05, 0.1) is 19.1 Å².